The molecule has 0 aromatic carbocycles. The molecule has 0 spiro atoms. The van der Waals surface area contributed by atoms with Gasteiger partial charge >= 0.3 is 5.97 Å². The van der Waals surface area contributed by atoms with E-state index >= 15 is 0 Å². The summed E-state index contributed by atoms with van der Waals surface area (Å²) in [5.41, 5.74) is 0. The summed E-state index contributed by atoms with van der Waals surface area (Å²) >= 11 is 1.61. The molecule has 0 bridgehead atoms. The minimum absolute atomic E-state index is 0.0422. The molecule has 1 aromatic heterocycles. The van der Waals surface area contributed by atoms with Crippen LogP contribution in [-0.4, -0.2) is 41.5 Å². The van der Waals surface area contributed by atoms with Crippen molar-refractivity contribution in [3.63, 3.8) is 0 Å². The van der Waals surface area contributed by atoms with E-state index in [0.717, 1.165) is 17.8 Å². The zero-order valence-electron chi connectivity index (χ0n) is 10.7. The number of hydrogen-bond acceptors (Lipinski definition) is 4. The van der Waals surface area contributed by atoms with Crippen LogP contribution in [0.2, 0.25) is 0 Å². The number of rotatable bonds is 5. The predicted octanol–water partition coefficient (Wildman–Crippen LogP) is 1.16. The zero-order valence-corrected chi connectivity index (χ0v) is 11.5. The van der Waals surface area contributed by atoms with Gasteiger partial charge in [0, 0.05) is 11.4 Å². The number of carbonyl (C=O) groups excluding carboxylic acids is 1. The van der Waals surface area contributed by atoms with Gasteiger partial charge in [0.25, 0.3) is 0 Å². The van der Waals surface area contributed by atoms with Crippen LogP contribution in [-0.2, 0) is 16.1 Å². The van der Waals surface area contributed by atoms with E-state index in [4.69, 9.17) is 5.11 Å². The third kappa shape index (κ3) is 4.33. The molecule has 2 rings (SSSR count). The lowest BCUT2D eigenvalue weighted by Gasteiger charge is -2.29. The summed E-state index contributed by atoms with van der Waals surface area (Å²) < 4.78 is 0. The molecule has 1 aliphatic heterocycles. The number of likely N-dealkylation sites (tertiary alicyclic amines) is 1. The molecule has 1 fully saturated rings. The molecule has 5 nitrogen and oxygen atoms in total. The highest BCUT2D eigenvalue weighted by Crippen LogP contribution is 2.16. The summed E-state index contributed by atoms with van der Waals surface area (Å²) in [6.45, 7) is 2.11. The number of carboxylic acids is 1. The number of piperidine rings is 1. The van der Waals surface area contributed by atoms with E-state index in [1.165, 1.54) is 0 Å². The van der Waals surface area contributed by atoms with Crippen molar-refractivity contribution in [2.75, 3.05) is 19.6 Å². The van der Waals surface area contributed by atoms with Gasteiger partial charge in [-0.1, -0.05) is 6.07 Å². The van der Waals surface area contributed by atoms with Crippen molar-refractivity contribution < 1.29 is 14.7 Å². The topological polar surface area (TPSA) is 69.6 Å². The number of amides is 1. The first-order valence-electron chi connectivity index (χ1n) is 6.39. The van der Waals surface area contributed by atoms with Gasteiger partial charge in [-0.2, -0.15) is 0 Å². The Bertz CT molecular complexity index is 433. The highest BCUT2D eigenvalue weighted by Gasteiger charge is 2.26. The summed E-state index contributed by atoms with van der Waals surface area (Å²) in [6.07, 6.45) is 1.55. The Morgan fingerprint density at radius 2 is 2.37 bits per heavy atom. The van der Waals surface area contributed by atoms with Crippen molar-refractivity contribution in [3.8, 4) is 0 Å². The maximum atomic E-state index is 11.8. The molecule has 2 N–H and O–H groups in total. The summed E-state index contributed by atoms with van der Waals surface area (Å²) in [4.78, 5) is 25.8. The Morgan fingerprint density at radius 1 is 1.53 bits per heavy atom. The number of carbonyl (C=O) groups is 2. The van der Waals surface area contributed by atoms with Crippen LogP contribution in [0.25, 0.3) is 0 Å². The number of hydrogen-bond donors (Lipinski definition) is 2. The maximum Gasteiger partial charge on any atom is 0.307 e. The molecule has 0 aliphatic carbocycles. The molecule has 1 unspecified atom stereocenters. The number of nitrogens with zero attached hydrogens (tertiary/aromatic N) is 1. The van der Waals surface area contributed by atoms with Crippen LogP contribution in [0.15, 0.2) is 17.5 Å². The monoisotopic (exact) mass is 282 g/mol. The third-order valence-corrected chi connectivity index (χ3v) is 4.14. The van der Waals surface area contributed by atoms with E-state index in [1.807, 2.05) is 22.4 Å². The lowest BCUT2D eigenvalue weighted by Crippen LogP contribution is -2.44. The van der Waals surface area contributed by atoms with Gasteiger partial charge in [-0.25, -0.2) is 0 Å². The van der Waals surface area contributed by atoms with E-state index in [9.17, 15) is 9.59 Å². The van der Waals surface area contributed by atoms with Crippen LogP contribution in [0.4, 0.5) is 0 Å². The molecular weight excluding hydrogens is 264 g/mol. The van der Waals surface area contributed by atoms with Crippen molar-refractivity contribution in [1.82, 2.24) is 10.2 Å². The fourth-order valence-corrected chi connectivity index (χ4v) is 2.90. The Balaban J connectivity index is 1.74. The third-order valence-electron chi connectivity index (χ3n) is 3.26. The van der Waals surface area contributed by atoms with E-state index in [-0.39, 0.29) is 18.4 Å². The van der Waals surface area contributed by atoms with Crippen molar-refractivity contribution in [2.45, 2.75) is 19.4 Å². The fraction of sp³-hybridized carbons (Fsp3) is 0.538. The van der Waals surface area contributed by atoms with Crippen LogP contribution in [0, 0.1) is 5.92 Å². The van der Waals surface area contributed by atoms with Gasteiger partial charge < -0.3 is 10.4 Å². The van der Waals surface area contributed by atoms with Gasteiger partial charge in [0.1, 0.15) is 0 Å². The molecule has 19 heavy (non-hydrogen) atoms. The van der Waals surface area contributed by atoms with E-state index in [0.29, 0.717) is 19.5 Å². The summed E-state index contributed by atoms with van der Waals surface area (Å²) in [6, 6.07) is 3.93. The molecular formula is C13H18N2O3S. The van der Waals surface area contributed by atoms with Crippen molar-refractivity contribution in [2.24, 2.45) is 5.92 Å². The number of nitrogens with one attached hydrogen (secondary N) is 1. The molecule has 104 valence electrons. The molecule has 6 heteroatoms. The van der Waals surface area contributed by atoms with Gasteiger partial charge in [-0.15, -0.1) is 11.3 Å². The first kappa shape index (κ1) is 14.0. The van der Waals surface area contributed by atoms with Gasteiger partial charge in [-0.05, 0) is 30.8 Å². The van der Waals surface area contributed by atoms with Gasteiger partial charge in [0.05, 0.1) is 19.0 Å². The molecule has 2 heterocycles. The minimum Gasteiger partial charge on any atom is -0.481 e. The normalized spacial score (nSPS) is 20.1. The van der Waals surface area contributed by atoms with E-state index < -0.39 is 5.97 Å². The lowest BCUT2D eigenvalue weighted by atomic mass is 9.98. The van der Waals surface area contributed by atoms with Crippen LogP contribution >= 0.6 is 11.3 Å². The number of carboxylic acid groups (broad SMARTS) is 1. The zero-order chi connectivity index (χ0) is 13.7. The van der Waals surface area contributed by atoms with Crippen LogP contribution in [0.1, 0.15) is 17.7 Å². The molecule has 0 saturated carbocycles. The quantitative estimate of drug-likeness (QED) is 0.850. The van der Waals surface area contributed by atoms with Crippen LogP contribution < -0.4 is 5.32 Å². The highest BCUT2D eigenvalue weighted by molar-refractivity contribution is 7.09. The standard InChI is InChI=1S/C13H18N2O3S/c16-12(14-7-11-4-2-6-19-11)9-15-5-1-3-10(8-15)13(17)18/h2,4,6,10H,1,3,5,7-9H2,(H,14,16)(H,17,18). The summed E-state index contributed by atoms with van der Waals surface area (Å²) in [7, 11) is 0. The molecule has 1 atom stereocenters. The Morgan fingerprint density at radius 3 is 3.05 bits per heavy atom. The smallest absolute Gasteiger partial charge is 0.307 e. The van der Waals surface area contributed by atoms with Gasteiger partial charge in [-0.3, -0.25) is 14.5 Å². The fourth-order valence-electron chi connectivity index (χ4n) is 2.26. The molecule has 0 radical (unpaired) electrons. The van der Waals surface area contributed by atoms with E-state index in [1.54, 1.807) is 11.3 Å². The molecule has 1 amide bonds. The van der Waals surface area contributed by atoms with Gasteiger partial charge in [0.15, 0.2) is 0 Å². The second kappa shape index (κ2) is 6.68. The Hall–Kier alpha value is -1.40. The minimum atomic E-state index is -0.760. The largest absolute Gasteiger partial charge is 0.481 e. The first-order chi connectivity index (χ1) is 9.15. The Labute approximate surface area is 116 Å². The molecule has 1 aromatic rings. The second-order valence-electron chi connectivity index (χ2n) is 4.77. The summed E-state index contributed by atoms with van der Waals surface area (Å²) in [5.74, 6) is -1.14. The van der Waals surface area contributed by atoms with E-state index in [2.05, 4.69) is 5.32 Å². The molecule has 1 aliphatic rings. The second-order valence-corrected chi connectivity index (χ2v) is 5.80. The van der Waals surface area contributed by atoms with Crippen molar-refractivity contribution >= 4 is 23.2 Å². The summed E-state index contributed by atoms with van der Waals surface area (Å²) in [5, 5.41) is 13.8. The number of aliphatic carboxylic acids is 1. The number of thiophene rings is 1. The molecule has 1 saturated heterocycles. The predicted molar refractivity (Wildman–Crippen MR) is 73.0 cm³/mol. The van der Waals surface area contributed by atoms with Gasteiger partial charge in [0.2, 0.25) is 5.91 Å². The average molecular weight is 282 g/mol. The average Bonchev–Trinajstić information content (AvgIpc) is 2.90. The Kier molecular flexibility index (Phi) is 4.93. The maximum absolute atomic E-state index is 11.8. The van der Waals surface area contributed by atoms with Crippen LogP contribution in [0.5, 0.6) is 0 Å². The van der Waals surface area contributed by atoms with Crippen LogP contribution in [0.3, 0.4) is 0 Å². The lowest BCUT2D eigenvalue weighted by molar-refractivity contribution is -0.144. The van der Waals surface area contributed by atoms with Crippen molar-refractivity contribution in [1.29, 1.82) is 0 Å². The highest BCUT2D eigenvalue weighted by atomic mass is 32.1. The SMILES string of the molecule is O=C(CN1CCCC(C(=O)O)C1)NCc1cccs1. The first-order valence-corrected chi connectivity index (χ1v) is 7.27. The van der Waals surface area contributed by atoms with Crippen molar-refractivity contribution in [3.05, 3.63) is 22.4 Å².